The molecule has 3 rings (SSSR count). The standard InChI is InChI=1S/C24H30N2O8S/c1-16-6-7-22(17(2)12-16)35(29,30)26-10-8-25(9-11-26)23(27)15-34-24(28)18-13-20(32-4)21(33-5)14-19(18)31-3/h6-7,12-14H,8-11,15H2,1-5H3. The molecule has 0 radical (unpaired) electrons. The molecule has 0 atom stereocenters. The van der Waals surface area contributed by atoms with Gasteiger partial charge in [0.2, 0.25) is 10.0 Å². The summed E-state index contributed by atoms with van der Waals surface area (Å²) >= 11 is 0. The van der Waals surface area contributed by atoms with Crippen molar-refractivity contribution >= 4 is 21.9 Å². The van der Waals surface area contributed by atoms with E-state index in [0.29, 0.717) is 17.1 Å². The molecule has 1 saturated heterocycles. The maximum atomic E-state index is 13.0. The van der Waals surface area contributed by atoms with E-state index in [2.05, 4.69) is 0 Å². The molecule has 2 aromatic rings. The van der Waals surface area contributed by atoms with Crippen molar-refractivity contribution in [1.82, 2.24) is 9.21 Å². The Morgan fingerprint density at radius 1 is 0.857 bits per heavy atom. The molecule has 0 bridgehead atoms. The Kier molecular flexibility index (Phi) is 8.23. The van der Waals surface area contributed by atoms with Gasteiger partial charge in [-0.3, -0.25) is 4.79 Å². The minimum Gasteiger partial charge on any atom is -0.496 e. The highest BCUT2D eigenvalue weighted by molar-refractivity contribution is 7.89. The summed E-state index contributed by atoms with van der Waals surface area (Å²) in [6, 6.07) is 8.11. The first-order chi connectivity index (χ1) is 16.6. The number of benzene rings is 2. The first-order valence-corrected chi connectivity index (χ1v) is 12.4. The van der Waals surface area contributed by atoms with Gasteiger partial charge in [-0.05, 0) is 25.5 Å². The highest BCUT2D eigenvalue weighted by Gasteiger charge is 2.31. The molecular formula is C24H30N2O8S. The third-order valence-corrected chi connectivity index (χ3v) is 7.85. The van der Waals surface area contributed by atoms with Crippen LogP contribution in [0.15, 0.2) is 35.2 Å². The van der Waals surface area contributed by atoms with Crippen LogP contribution < -0.4 is 14.2 Å². The van der Waals surface area contributed by atoms with Gasteiger partial charge in [0, 0.05) is 38.3 Å². The van der Waals surface area contributed by atoms with E-state index in [0.717, 1.165) is 5.56 Å². The van der Waals surface area contributed by atoms with Crippen LogP contribution in [0.3, 0.4) is 0 Å². The molecular weight excluding hydrogens is 476 g/mol. The second kappa shape index (κ2) is 11.0. The molecule has 0 aliphatic carbocycles. The number of aryl methyl sites for hydroxylation is 2. The highest BCUT2D eigenvalue weighted by Crippen LogP contribution is 2.35. The Morgan fingerprint density at radius 3 is 2.03 bits per heavy atom. The first-order valence-electron chi connectivity index (χ1n) is 10.9. The SMILES string of the molecule is COc1cc(OC)c(C(=O)OCC(=O)N2CCN(S(=O)(=O)c3ccc(C)cc3C)CC2)cc1OC. The summed E-state index contributed by atoms with van der Waals surface area (Å²) in [4.78, 5) is 27.0. The Morgan fingerprint density at radius 2 is 1.46 bits per heavy atom. The monoisotopic (exact) mass is 506 g/mol. The van der Waals surface area contributed by atoms with Crippen molar-refractivity contribution in [3.63, 3.8) is 0 Å². The van der Waals surface area contributed by atoms with Crippen LogP contribution in [0.25, 0.3) is 0 Å². The number of methoxy groups -OCH3 is 3. The maximum absolute atomic E-state index is 13.0. The van der Waals surface area contributed by atoms with Gasteiger partial charge in [0.1, 0.15) is 11.3 Å². The van der Waals surface area contributed by atoms with Crippen LogP contribution in [0.1, 0.15) is 21.5 Å². The summed E-state index contributed by atoms with van der Waals surface area (Å²) in [5, 5.41) is 0. The van der Waals surface area contributed by atoms with Gasteiger partial charge in [-0.25, -0.2) is 13.2 Å². The van der Waals surface area contributed by atoms with E-state index < -0.39 is 28.5 Å². The number of hydrogen-bond acceptors (Lipinski definition) is 8. The van der Waals surface area contributed by atoms with Crippen molar-refractivity contribution in [2.75, 3.05) is 54.1 Å². The van der Waals surface area contributed by atoms with Gasteiger partial charge < -0.3 is 23.8 Å². The van der Waals surface area contributed by atoms with Crippen LogP contribution in [-0.2, 0) is 19.6 Å². The van der Waals surface area contributed by atoms with Crippen LogP contribution in [-0.4, -0.2) is 83.6 Å². The van der Waals surface area contributed by atoms with E-state index in [1.165, 1.54) is 42.7 Å². The molecule has 1 aliphatic heterocycles. The minimum atomic E-state index is -3.67. The lowest BCUT2D eigenvalue weighted by atomic mass is 10.1. The fourth-order valence-corrected chi connectivity index (χ4v) is 5.52. The number of sulfonamides is 1. The average molecular weight is 507 g/mol. The molecule has 190 valence electrons. The normalized spacial score (nSPS) is 14.4. The Labute approximate surface area is 205 Å². The number of esters is 1. The van der Waals surface area contributed by atoms with Gasteiger partial charge in [-0.2, -0.15) is 4.31 Å². The second-order valence-electron chi connectivity index (χ2n) is 8.04. The van der Waals surface area contributed by atoms with Crippen LogP contribution >= 0.6 is 0 Å². The summed E-state index contributed by atoms with van der Waals surface area (Å²) in [5.41, 5.74) is 1.75. The van der Waals surface area contributed by atoms with Crippen molar-refractivity contribution in [1.29, 1.82) is 0 Å². The van der Waals surface area contributed by atoms with Crippen molar-refractivity contribution in [2.24, 2.45) is 0 Å². The molecule has 11 heteroatoms. The van der Waals surface area contributed by atoms with Crippen LogP contribution in [0.4, 0.5) is 0 Å². The molecule has 0 unspecified atom stereocenters. The summed E-state index contributed by atoms with van der Waals surface area (Å²) in [5.74, 6) is -0.266. The predicted octanol–water partition coefficient (Wildman–Crippen LogP) is 2.02. The lowest BCUT2D eigenvalue weighted by Gasteiger charge is -2.34. The largest absolute Gasteiger partial charge is 0.496 e. The van der Waals surface area contributed by atoms with Gasteiger partial charge in [0.15, 0.2) is 18.1 Å². The molecule has 0 N–H and O–H groups in total. The smallest absolute Gasteiger partial charge is 0.342 e. The lowest BCUT2D eigenvalue weighted by Crippen LogP contribution is -2.51. The molecule has 35 heavy (non-hydrogen) atoms. The van der Waals surface area contributed by atoms with Crippen LogP contribution in [0, 0.1) is 13.8 Å². The zero-order valence-electron chi connectivity index (χ0n) is 20.5. The van der Waals surface area contributed by atoms with Gasteiger partial charge in [-0.1, -0.05) is 17.7 Å². The van der Waals surface area contributed by atoms with Gasteiger partial charge >= 0.3 is 5.97 Å². The minimum absolute atomic E-state index is 0.0855. The molecule has 1 amide bonds. The molecule has 0 aromatic heterocycles. The van der Waals surface area contributed by atoms with Gasteiger partial charge in [-0.15, -0.1) is 0 Å². The van der Waals surface area contributed by atoms with E-state index in [9.17, 15) is 18.0 Å². The second-order valence-corrected chi connectivity index (χ2v) is 9.94. The molecule has 0 spiro atoms. The van der Waals surface area contributed by atoms with Crippen LogP contribution in [0.2, 0.25) is 0 Å². The third-order valence-electron chi connectivity index (χ3n) is 5.79. The van der Waals surface area contributed by atoms with Gasteiger partial charge in [0.05, 0.1) is 26.2 Å². The highest BCUT2D eigenvalue weighted by atomic mass is 32.2. The fourth-order valence-electron chi connectivity index (χ4n) is 3.89. The van der Waals surface area contributed by atoms with Crippen LogP contribution in [0.5, 0.6) is 17.2 Å². The average Bonchev–Trinajstić information content (AvgIpc) is 2.85. The summed E-state index contributed by atoms with van der Waals surface area (Å²) < 4.78 is 48.3. The molecule has 2 aromatic carbocycles. The van der Waals surface area contributed by atoms with Crippen molar-refractivity contribution in [2.45, 2.75) is 18.7 Å². The number of amides is 1. The number of carbonyl (C=O) groups excluding carboxylic acids is 2. The van der Waals surface area contributed by atoms with E-state index >= 15 is 0 Å². The summed E-state index contributed by atoms with van der Waals surface area (Å²) in [6.45, 7) is 3.88. The Bertz CT molecular complexity index is 1200. The van der Waals surface area contributed by atoms with E-state index in [4.69, 9.17) is 18.9 Å². The van der Waals surface area contributed by atoms with E-state index in [1.54, 1.807) is 19.1 Å². The quantitative estimate of drug-likeness (QED) is 0.500. The van der Waals surface area contributed by atoms with Crippen molar-refractivity contribution in [3.05, 3.63) is 47.0 Å². The zero-order valence-corrected chi connectivity index (χ0v) is 21.3. The Balaban J connectivity index is 1.60. The number of hydrogen-bond donors (Lipinski definition) is 0. The van der Waals surface area contributed by atoms with E-state index in [-0.39, 0.29) is 42.4 Å². The molecule has 10 nitrogen and oxygen atoms in total. The van der Waals surface area contributed by atoms with Crippen molar-refractivity contribution < 1.29 is 37.0 Å². The summed E-state index contributed by atoms with van der Waals surface area (Å²) in [6.07, 6.45) is 0. The lowest BCUT2D eigenvalue weighted by molar-refractivity contribution is -0.135. The third kappa shape index (κ3) is 5.68. The molecule has 0 saturated carbocycles. The number of piperazine rings is 1. The first kappa shape index (κ1) is 26.3. The van der Waals surface area contributed by atoms with E-state index in [1.807, 2.05) is 13.0 Å². The number of nitrogens with zero attached hydrogens (tertiary/aromatic N) is 2. The number of ether oxygens (including phenoxy) is 4. The zero-order chi connectivity index (χ0) is 25.8. The number of carbonyl (C=O) groups is 2. The van der Waals surface area contributed by atoms with Gasteiger partial charge in [0.25, 0.3) is 5.91 Å². The molecule has 1 heterocycles. The Hall–Kier alpha value is -3.31. The fraction of sp³-hybridized carbons (Fsp3) is 0.417. The summed E-state index contributed by atoms with van der Waals surface area (Å²) in [7, 11) is 0.624. The van der Waals surface area contributed by atoms with Crippen molar-refractivity contribution in [3.8, 4) is 17.2 Å². The predicted molar refractivity (Wildman–Crippen MR) is 128 cm³/mol. The molecule has 1 aliphatic rings. The number of rotatable bonds is 8. The molecule has 1 fully saturated rings. The maximum Gasteiger partial charge on any atom is 0.342 e. The topological polar surface area (TPSA) is 112 Å².